The molecule has 0 aromatic heterocycles. The zero-order valence-corrected chi connectivity index (χ0v) is 14.8. The van der Waals surface area contributed by atoms with Gasteiger partial charge in [0.25, 0.3) is 0 Å². The molecule has 0 radical (unpaired) electrons. The van der Waals surface area contributed by atoms with E-state index in [1.54, 1.807) is 31.2 Å². The van der Waals surface area contributed by atoms with Gasteiger partial charge < -0.3 is 0 Å². The predicted octanol–water partition coefficient (Wildman–Crippen LogP) is 4.98. The summed E-state index contributed by atoms with van der Waals surface area (Å²) in [7, 11) is 0. The summed E-state index contributed by atoms with van der Waals surface area (Å²) in [6.45, 7) is 5.48. The molecule has 0 heterocycles. The van der Waals surface area contributed by atoms with Crippen LogP contribution >= 0.6 is 11.6 Å². The van der Waals surface area contributed by atoms with Crippen LogP contribution in [0.2, 0.25) is 5.02 Å². The highest BCUT2D eigenvalue weighted by Gasteiger charge is 2.52. The molecule has 0 saturated heterocycles. The molecule has 2 aromatic carbocycles. The summed E-state index contributed by atoms with van der Waals surface area (Å²) in [5.74, 6) is -0.576. The van der Waals surface area contributed by atoms with Crippen LogP contribution in [0.15, 0.2) is 42.5 Å². The molecular formula is C19H20ClNO3. The van der Waals surface area contributed by atoms with Crippen molar-refractivity contribution in [2.75, 3.05) is 0 Å². The Morgan fingerprint density at radius 3 is 2.38 bits per heavy atom. The van der Waals surface area contributed by atoms with Gasteiger partial charge in [-0.1, -0.05) is 55.8 Å². The van der Waals surface area contributed by atoms with Crippen LogP contribution < -0.4 is 0 Å². The summed E-state index contributed by atoms with van der Waals surface area (Å²) in [6.07, 6.45) is 0.882. The molecule has 0 saturated carbocycles. The quantitative estimate of drug-likeness (QED) is 0.421. The number of ketones is 1. The van der Waals surface area contributed by atoms with E-state index in [-0.39, 0.29) is 17.0 Å². The molecule has 1 unspecified atom stereocenters. The van der Waals surface area contributed by atoms with E-state index in [0.717, 1.165) is 17.5 Å². The number of Topliss-reactive ketones (excluding diaryl/α,β-unsaturated/α-hetero) is 1. The minimum absolute atomic E-state index is 0.0520. The van der Waals surface area contributed by atoms with Crippen LogP contribution in [-0.2, 0) is 12.0 Å². The molecular weight excluding hydrogens is 326 g/mol. The first-order valence-electron chi connectivity index (χ1n) is 7.92. The van der Waals surface area contributed by atoms with Crippen molar-refractivity contribution in [1.29, 1.82) is 0 Å². The van der Waals surface area contributed by atoms with E-state index in [1.807, 2.05) is 26.0 Å². The third-order valence-corrected chi connectivity index (χ3v) is 4.79. The summed E-state index contributed by atoms with van der Waals surface area (Å²) in [5.41, 5.74) is 0.596. The minimum Gasteiger partial charge on any atom is -0.286 e. The smallest absolute Gasteiger partial charge is 0.286 e. The van der Waals surface area contributed by atoms with E-state index >= 15 is 0 Å². The third kappa shape index (κ3) is 2.94. The van der Waals surface area contributed by atoms with E-state index in [2.05, 4.69) is 0 Å². The van der Waals surface area contributed by atoms with Gasteiger partial charge >= 0.3 is 5.54 Å². The first-order chi connectivity index (χ1) is 11.4. The fourth-order valence-corrected chi connectivity index (χ4v) is 3.28. The maximum atomic E-state index is 13.1. The number of carbonyl (C=O) groups is 1. The first-order valence-corrected chi connectivity index (χ1v) is 8.30. The number of rotatable bonds is 6. The van der Waals surface area contributed by atoms with Crippen LogP contribution in [0.3, 0.4) is 0 Å². The van der Waals surface area contributed by atoms with Crippen molar-refractivity contribution >= 4 is 17.4 Å². The van der Waals surface area contributed by atoms with Crippen LogP contribution in [0.25, 0.3) is 0 Å². The lowest BCUT2D eigenvalue weighted by Crippen LogP contribution is -2.43. The fourth-order valence-electron chi connectivity index (χ4n) is 3.06. The Hall–Kier alpha value is -2.20. The van der Waals surface area contributed by atoms with Crippen molar-refractivity contribution in [3.8, 4) is 0 Å². The van der Waals surface area contributed by atoms with Crippen LogP contribution in [-0.4, -0.2) is 10.7 Å². The van der Waals surface area contributed by atoms with Gasteiger partial charge in [0.15, 0.2) is 0 Å². The van der Waals surface area contributed by atoms with Crippen LogP contribution in [0.4, 0.5) is 0 Å². The molecule has 0 fully saturated rings. The van der Waals surface area contributed by atoms with Gasteiger partial charge in [0.2, 0.25) is 5.78 Å². The molecule has 1 atom stereocenters. The maximum absolute atomic E-state index is 13.1. The predicted molar refractivity (Wildman–Crippen MR) is 95.3 cm³/mol. The minimum atomic E-state index is -1.83. The van der Waals surface area contributed by atoms with Gasteiger partial charge in [-0.3, -0.25) is 14.9 Å². The summed E-state index contributed by atoms with van der Waals surface area (Å²) < 4.78 is 0. The number of carbonyl (C=O) groups excluding carboxylic acids is 1. The highest BCUT2D eigenvalue weighted by molar-refractivity contribution is 6.34. The number of nitrogens with zero attached hydrogens (tertiary/aromatic N) is 1. The standard InChI is InChI=1S/C19H20ClNO3/c1-4-14-10-11-16(13(3)12-14)19(5-2,21(23)24)18(22)15-8-6-7-9-17(15)20/h6-12H,4-5H2,1-3H3. The highest BCUT2D eigenvalue weighted by Crippen LogP contribution is 2.36. The molecule has 126 valence electrons. The molecule has 2 aromatic rings. The Bertz CT molecular complexity index is 788. The van der Waals surface area contributed by atoms with E-state index in [4.69, 9.17) is 11.6 Å². The number of aryl methyl sites for hydroxylation is 2. The van der Waals surface area contributed by atoms with Crippen molar-refractivity contribution in [3.63, 3.8) is 0 Å². The van der Waals surface area contributed by atoms with Gasteiger partial charge in [-0.25, -0.2) is 0 Å². The zero-order chi connectivity index (χ0) is 17.9. The Labute approximate surface area is 146 Å². The van der Waals surface area contributed by atoms with E-state index in [0.29, 0.717) is 5.56 Å². The van der Waals surface area contributed by atoms with Crippen molar-refractivity contribution < 1.29 is 9.72 Å². The lowest BCUT2D eigenvalue weighted by atomic mass is 9.78. The molecule has 0 aliphatic carbocycles. The average molecular weight is 346 g/mol. The normalized spacial score (nSPS) is 13.3. The van der Waals surface area contributed by atoms with Gasteiger partial charge in [-0.05, 0) is 36.6 Å². The number of hydrogen-bond acceptors (Lipinski definition) is 3. The van der Waals surface area contributed by atoms with Gasteiger partial charge in [-0.15, -0.1) is 0 Å². The lowest BCUT2D eigenvalue weighted by molar-refractivity contribution is -0.559. The molecule has 0 N–H and O–H groups in total. The fraction of sp³-hybridized carbons (Fsp3) is 0.316. The second-order valence-corrected chi connectivity index (χ2v) is 6.19. The number of nitro groups is 1. The largest absolute Gasteiger partial charge is 0.308 e. The number of halogens is 1. The number of benzene rings is 2. The van der Waals surface area contributed by atoms with Gasteiger partial charge in [0, 0.05) is 22.5 Å². The second kappa shape index (κ2) is 7.14. The molecule has 2 rings (SSSR count). The molecule has 0 bridgehead atoms. The van der Waals surface area contributed by atoms with Gasteiger partial charge in [0.05, 0.1) is 5.02 Å². The van der Waals surface area contributed by atoms with Gasteiger partial charge in [0.1, 0.15) is 0 Å². The van der Waals surface area contributed by atoms with E-state index in [9.17, 15) is 14.9 Å². The summed E-state index contributed by atoms with van der Waals surface area (Å²) in [5, 5.41) is 12.3. The van der Waals surface area contributed by atoms with E-state index < -0.39 is 16.2 Å². The number of hydrogen-bond donors (Lipinski definition) is 0. The van der Waals surface area contributed by atoms with Crippen molar-refractivity contribution in [1.82, 2.24) is 0 Å². The SMILES string of the molecule is CCc1ccc(C(CC)(C(=O)c2ccccc2Cl)[N+](=O)[O-])c(C)c1. The van der Waals surface area contributed by atoms with Crippen LogP contribution in [0.1, 0.15) is 47.3 Å². The van der Waals surface area contributed by atoms with Crippen LogP contribution in [0.5, 0.6) is 0 Å². The van der Waals surface area contributed by atoms with Crippen molar-refractivity contribution in [2.45, 2.75) is 39.2 Å². The Kier molecular flexibility index (Phi) is 5.40. The summed E-state index contributed by atoms with van der Waals surface area (Å²) in [6, 6.07) is 11.9. The van der Waals surface area contributed by atoms with Crippen LogP contribution in [0, 0.1) is 17.0 Å². The lowest BCUT2D eigenvalue weighted by Gasteiger charge is -2.25. The molecule has 0 aliphatic rings. The maximum Gasteiger partial charge on any atom is 0.308 e. The Morgan fingerprint density at radius 1 is 1.21 bits per heavy atom. The summed E-state index contributed by atoms with van der Waals surface area (Å²) in [4.78, 5) is 24.7. The molecule has 0 aliphatic heterocycles. The average Bonchev–Trinajstić information content (AvgIpc) is 2.57. The zero-order valence-electron chi connectivity index (χ0n) is 14.0. The van der Waals surface area contributed by atoms with Crippen molar-refractivity contribution in [2.24, 2.45) is 0 Å². The molecule has 24 heavy (non-hydrogen) atoms. The third-order valence-electron chi connectivity index (χ3n) is 4.46. The molecule has 0 spiro atoms. The molecule has 0 amide bonds. The molecule has 4 nitrogen and oxygen atoms in total. The Balaban J connectivity index is 2.70. The van der Waals surface area contributed by atoms with Crippen molar-refractivity contribution in [3.05, 3.63) is 79.9 Å². The topological polar surface area (TPSA) is 60.2 Å². The highest BCUT2D eigenvalue weighted by atomic mass is 35.5. The summed E-state index contributed by atoms with van der Waals surface area (Å²) >= 11 is 6.12. The second-order valence-electron chi connectivity index (χ2n) is 5.78. The first kappa shape index (κ1) is 18.1. The monoisotopic (exact) mass is 345 g/mol. The van der Waals surface area contributed by atoms with Gasteiger partial charge in [-0.2, -0.15) is 0 Å². The van der Waals surface area contributed by atoms with E-state index in [1.165, 1.54) is 6.07 Å². The Morgan fingerprint density at radius 2 is 1.88 bits per heavy atom. The molecule has 5 heteroatoms.